The second-order valence-corrected chi connectivity index (χ2v) is 8.09. The quantitative estimate of drug-likeness (QED) is 0.348. The smallest absolute Gasteiger partial charge is 0.332 e. The van der Waals surface area contributed by atoms with E-state index in [1.54, 1.807) is 18.2 Å². The van der Waals surface area contributed by atoms with Crippen molar-refractivity contribution in [3.8, 4) is 11.5 Å². The van der Waals surface area contributed by atoms with Crippen LogP contribution < -0.4 is 14.8 Å². The number of esters is 2. The maximum atomic E-state index is 13.3. The van der Waals surface area contributed by atoms with Gasteiger partial charge in [0.05, 0.1) is 20.8 Å². The number of benzene rings is 2. The first-order chi connectivity index (χ1) is 16.1. The molecule has 0 saturated heterocycles. The fourth-order valence-corrected chi connectivity index (χ4v) is 2.87. The van der Waals surface area contributed by atoms with Gasteiger partial charge in [0.15, 0.2) is 6.04 Å². The van der Waals surface area contributed by atoms with Gasteiger partial charge in [0.1, 0.15) is 22.9 Å². The summed E-state index contributed by atoms with van der Waals surface area (Å²) in [6.45, 7) is 9.75. The lowest BCUT2D eigenvalue weighted by Crippen LogP contribution is -2.24. The third kappa shape index (κ3) is 10.1. The van der Waals surface area contributed by atoms with Gasteiger partial charge in [-0.2, -0.15) is 0 Å². The van der Waals surface area contributed by atoms with Gasteiger partial charge in [-0.1, -0.05) is 26.0 Å². The summed E-state index contributed by atoms with van der Waals surface area (Å²) in [5, 5.41) is 3.08. The standard InChI is InChI=1S/C24H30FNO6.C2H6/c1-24(2,3)32-21(27)7-6-12-31-20-14-18(13-19(15-20)29-4)26-22(23(28)30-5)16-8-10-17(25)11-9-16;1-2/h8-11,13-15,22,26H,6-7,12H2,1-5H3;1-2H3. The third-order valence-electron chi connectivity index (χ3n) is 4.28. The topological polar surface area (TPSA) is 83.1 Å². The lowest BCUT2D eigenvalue weighted by Gasteiger charge is -2.20. The van der Waals surface area contributed by atoms with Crippen LogP contribution in [0.25, 0.3) is 0 Å². The van der Waals surface area contributed by atoms with E-state index in [9.17, 15) is 14.0 Å². The van der Waals surface area contributed by atoms with Crippen molar-refractivity contribution in [3.63, 3.8) is 0 Å². The zero-order valence-electron chi connectivity index (χ0n) is 21.1. The Morgan fingerprint density at radius 2 is 1.62 bits per heavy atom. The molecule has 0 aliphatic heterocycles. The van der Waals surface area contributed by atoms with E-state index in [1.807, 2.05) is 34.6 Å². The third-order valence-corrected chi connectivity index (χ3v) is 4.28. The van der Waals surface area contributed by atoms with Gasteiger partial charge in [-0.3, -0.25) is 4.79 Å². The number of hydrogen-bond acceptors (Lipinski definition) is 7. The number of ether oxygens (including phenoxy) is 4. The van der Waals surface area contributed by atoms with Crippen molar-refractivity contribution in [1.82, 2.24) is 0 Å². The molecule has 0 radical (unpaired) electrons. The van der Waals surface area contributed by atoms with Crippen LogP contribution in [-0.4, -0.2) is 38.4 Å². The van der Waals surface area contributed by atoms with Crippen LogP contribution in [-0.2, 0) is 19.1 Å². The van der Waals surface area contributed by atoms with E-state index in [1.165, 1.54) is 38.5 Å². The fraction of sp³-hybridized carbons (Fsp3) is 0.462. The number of anilines is 1. The molecule has 0 aromatic heterocycles. The molecule has 0 aliphatic rings. The molecule has 2 aromatic rings. The van der Waals surface area contributed by atoms with Gasteiger partial charge < -0.3 is 24.3 Å². The predicted molar refractivity (Wildman–Crippen MR) is 130 cm³/mol. The summed E-state index contributed by atoms with van der Waals surface area (Å²) in [7, 11) is 2.80. The second kappa shape index (κ2) is 14.1. The molecule has 34 heavy (non-hydrogen) atoms. The Morgan fingerprint density at radius 1 is 1.00 bits per heavy atom. The van der Waals surface area contributed by atoms with Crippen molar-refractivity contribution in [2.24, 2.45) is 0 Å². The van der Waals surface area contributed by atoms with Crippen molar-refractivity contribution in [2.75, 3.05) is 26.1 Å². The summed E-state index contributed by atoms with van der Waals surface area (Å²) >= 11 is 0. The highest BCUT2D eigenvalue weighted by Gasteiger charge is 2.22. The van der Waals surface area contributed by atoms with Crippen LogP contribution >= 0.6 is 0 Å². The highest BCUT2D eigenvalue weighted by molar-refractivity contribution is 5.81. The van der Waals surface area contributed by atoms with Gasteiger partial charge in [0.25, 0.3) is 0 Å². The SMILES string of the molecule is CC.COC(=O)C(Nc1cc(OC)cc(OCCCC(=O)OC(C)(C)C)c1)c1ccc(F)cc1. The van der Waals surface area contributed by atoms with Crippen molar-refractivity contribution in [2.45, 2.75) is 59.1 Å². The summed E-state index contributed by atoms with van der Waals surface area (Å²) in [5.74, 6) is -0.201. The molecule has 0 amide bonds. The van der Waals surface area contributed by atoms with Gasteiger partial charge >= 0.3 is 11.9 Å². The van der Waals surface area contributed by atoms with E-state index in [-0.39, 0.29) is 12.4 Å². The zero-order chi connectivity index (χ0) is 25.7. The van der Waals surface area contributed by atoms with E-state index in [0.717, 1.165) is 0 Å². The molecule has 7 nitrogen and oxygen atoms in total. The number of methoxy groups -OCH3 is 2. The number of rotatable bonds is 10. The molecule has 1 unspecified atom stereocenters. The van der Waals surface area contributed by atoms with Crippen molar-refractivity contribution in [3.05, 3.63) is 53.8 Å². The molecule has 8 heteroatoms. The molecule has 2 rings (SSSR count). The molecule has 0 fully saturated rings. The summed E-state index contributed by atoms with van der Waals surface area (Å²) in [5.41, 5.74) is 0.568. The minimum atomic E-state index is -0.854. The number of halogens is 1. The highest BCUT2D eigenvalue weighted by atomic mass is 19.1. The maximum absolute atomic E-state index is 13.3. The molecular weight excluding hydrogens is 441 g/mol. The maximum Gasteiger partial charge on any atom is 0.332 e. The number of carbonyl (C=O) groups is 2. The Labute approximate surface area is 201 Å². The Morgan fingerprint density at radius 3 is 2.18 bits per heavy atom. The molecule has 0 aliphatic carbocycles. The molecule has 0 spiro atoms. The molecule has 1 atom stereocenters. The number of carbonyl (C=O) groups excluding carboxylic acids is 2. The van der Waals surface area contributed by atoms with Crippen LogP contribution in [0.1, 0.15) is 59.1 Å². The van der Waals surface area contributed by atoms with Crippen LogP contribution in [0, 0.1) is 5.82 Å². The van der Waals surface area contributed by atoms with Crippen LogP contribution in [0.2, 0.25) is 0 Å². The van der Waals surface area contributed by atoms with Gasteiger partial charge in [-0.25, -0.2) is 9.18 Å². The van der Waals surface area contributed by atoms with Gasteiger partial charge in [-0.05, 0) is 44.9 Å². The summed E-state index contributed by atoms with van der Waals surface area (Å²) in [6, 6.07) is 9.82. The summed E-state index contributed by atoms with van der Waals surface area (Å²) in [4.78, 5) is 24.1. The highest BCUT2D eigenvalue weighted by Crippen LogP contribution is 2.29. The lowest BCUT2D eigenvalue weighted by atomic mass is 10.1. The monoisotopic (exact) mass is 477 g/mol. The summed E-state index contributed by atoms with van der Waals surface area (Å²) < 4.78 is 34.6. The molecule has 2 aromatic carbocycles. The molecule has 1 N–H and O–H groups in total. The number of nitrogens with one attached hydrogen (secondary N) is 1. The molecule has 0 saturated carbocycles. The Bertz CT molecular complexity index is 908. The average Bonchev–Trinajstić information content (AvgIpc) is 2.80. The zero-order valence-corrected chi connectivity index (χ0v) is 21.1. The molecular formula is C26H36FNO6. The van der Waals surface area contributed by atoms with Crippen molar-refractivity contribution < 1.29 is 32.9 Å². The normalized spacial score (nSPS) is 11.4. The average molecular weight is 478 g/mol. The fourth-order valence-electron chi connectivity index (χ4n) is 2.87. The van der Waals surface area contributed by atoms with E-state index in [2.05, 4.69) is 5.32 Å². The first kappa shape index (κ1) is 28.7. The minimum Gasteiger partial charge on any atom is -0.497 e. The first-order valence-electron chi connectivity index (χ1n) is 11.2. The molecule has 188 valence electrons. The Balaban J connectivity index is 0.00000281. The van der Waals surface area contributed by atoms with Crippen LogP contribution in [0.5, 0.6) is 11.5 Å². The minimum absolute atomic E-state index is 0.237. The summed E-state index contributed by atoms with van der Waals surface area (Å²) in [6.07, 6.45) is 0.719. The first-order valence-corrected chi connectivity index (χ1v) is 11.2. The van der Waals surface area contributed by atoms with Gasteiger partial charge in [0, 0.05) is 30.3 Å². The molecule has 0 heterocycles. The van der Waals surface area contributed by atoms with Crippen molar-refractivity contribution in [1.29, 1.82) is 0 Å². The Kier molecular flexibility index (Phi) is 11.9. The lowest BCUT2D eigenvalue weighted by molar-refractivity contribution is -0.155. The number of hydrogen-bond donors (Lipinski definition) is 1. The predicted octanol–water partition coefficient (Wildman–Crippen LogP) is 5.69. The second-order valence-electron chi connectivity index (χ2n) is 8.09. The van der Waals surface area contributed by atoms with Gasteiger partial charge in [-0.15, -0.1) is 0 Å². The van der Waals surface area contributed by atoms with Gasteiger partial charge in [0.2, 0.25) is 0 Å². The Hall–Kier alpha value is -3.29. The van der Waals surface area contributed by atoms with E-state index in [4.69, 9.17) is 18.9 Å². The molecule has 0 bridgehead atoms. The largest absolute Gasteiger partial charge is 0.497 e. The van der Waals surface area contributed by atoms with E-state index >= 15 is 0 Å². The van der Waals surface area contributed by atoms with Crippen molar-refractivity contribution >= 4 is 17.6 Å². The van der Waals surface area contributed by atoms with E-state index < -0.39 is 23.4 Å². The van der Waals surface area contributed by atoms with Crippen LogP contribution in [0.15, 0.2) is 42.5 Å². The van der Waals surface area contributed by atoms with Crippen LogP contribution in [0.4, 0.5) is 10.1 Å². The van der Waals surface area contributed by atoms with Crippen LogP contribution in [0.3, 0.4) is 0 Å². The van der Waals surface area contributed by atoms with E-state index in [0.29, 0.717) is 35.8 Å².